The molecule has 4 aromatic rings. The quantitative estimate of drug-likeness (QED) is 0.543. The van der Waals surface area contributed by atoms with Gasteiger partial charge in [-0.3, -0.25) is 0 Å². The van der Waals surface area contributed by atoms with E-state index in [1.165, 1.54) is 0 Å². The number of ether oxygens (including phenoxy) is 1. The van der Waals surface area contributed by atoms with Crippen molar-refractivity contribution >= 4 is 5.65 Å². The van der Waals surface area contributed by atoms with E-state index in [9.17, 15) is 0 Å². The topological polar surface area (TPSA) is 57.2 Å². The van der Waals surface area contributed by atoms with Gasteiger partial charge in [0.2, 0.25) is 0 Å². The van der Waals surface area contributed by atoms with Crippen molar-refractivity contribution in [2.24, 2.45) is 0 Å². The number of hydrogen-bond donors (Lipinski definition) is 0. The predicted octanol–water partition coefficient (Wildman–Crippen LogP) is 4.33. The number of hydrogen-bond acceptors (Lipinski definition) is 4. The molecule has 0 bridgehead atoms. The molecule has 6 nitrogen and oxygen atoms in total. The average molecular weight is 361 g/mol. The first-order chi connectivity index (χ1) is 13.0. The van der Waals surface area contributed by atoms with Gasteiger partial charge in [0.05, 0.1) is 24.1 Å². The normalized spacial score (nSPS) is 11.5. The van der Waals surface area contributed by atoms with Gasteiger partial charge in [-0.05, 0) is 44.0 Å². The summed E-state index contributed by atoms with van der Waals surface area (Å²) >= 11 is 0. The SMILES string of the molecule is COc1cc(-n2cccn2)ccc1-c1c(C)nn2c(C(C)C)cc(C)nc12. The fourth-order valence-electron chi connectivity index (χ4n) is 3.45. The number of benzene rings is 1. The van der Waals surface area contributed by atoms with Gasteiger partial charge in [0.15, 0.2) is 5.65 Å². The minimum Gasteiger partial charge on any atom is -0.496 e. The molecule has 3 heterocycles. The zero-order chi connectivity index (χ0) is 19.1. The molecule has 27 heavy (non-hydrogen) atoms. The van der Waals surface area contributed by atoms with Gasteiger partial charge in [-0.25, -0.2) is 14.2 Å². The summed E-state index contributed by atoms with van der Waals surface area (Å²) in [7, 11) is 1.69. The molecule has 0 aliphatic rings. The lowest BCUT2D eigenvalue weighted by atomic mass is 10.0. The zero-order valence-electron chi connectivity index (χ0n) is 16.3. The maximum Gasteiger partial charge on any atom is 0.163 e. The number of rotatable bonds is 4. The van der Waals surface area contributed by atoms with Crippen LogP contribution in [0, 0.1) is 13.8 Å². The lowest BCUT2D eigenvalue weighted by molar-refractivity contribution is 0.416. The minimum absolute atomic E-state index is 0.352. The van der Waals surface area contributed by atoms with Gasteiger partial charge >= 0.3 is 0 Å². The third-order valence-electron chi connectivity index (χ3n) is 4.73. The number of aromatic nitrogens is 5. The van der Waals surface area contributed by atoms with Crippen molar-refractivity contribution in [3.8, 4) is 22.6 Å². The second kappa shape index (κ2) is 6.54. The van der Waals surface area contributed by atoms with Crippen molar-refractivity contribution in [3.63, 3.8) is 0 Å². The van der Waals surface area contributed by atoms with Crippen LogP contribution in [0.25, 0.3) is 22.5 Å². The van der Waals surface area contributed by atoms with E-state index < -0.39 is 0 Å². The van der Waals surface area contributed by atoms with Crippen molar-refractivity contribution in [3.05, 3.63) is 59.8 Å². The molecule has 0 saturated heterocycles. The number of aryl methyl sites for hydroxylation is 2. The second-order valence-corrected chi connectivity index (χ2v) is 7.01. The molecule has 0 aliphatic carbocycles. The summed E-state index contributed by atoms with van der Waals surface area (Å²) in [5.74, 6) is 1.13. The minimum atomic E-state index is 0.352. The van der Waals surface area contributed by atoms with Gasteiger partial charge in [0.25, 0.3) is 0 Å². The molecular formula is C21H23N5O. The number of fused-ring (bicyclic) bond motifs is 1. The second-order valence-electron chi connectivity index (χ2n) is 7.01. The lowest BCUT2D eigenvalue weighted by Gasteiger charge is -2.12. The van der Waals surface area contributed by atoms with Crippen molar-refractivity contribution in [2.45, 2.75) is 33.6 Å². The van der Waals surface area contributed by atoms with Crippen molar-refractivity contribution < 1.29 is 4.74 Å². The molecule has 0 N–H and O–H groups in total. The van der Waals surface area contributed by atoms with Gasteiger partial charge < -0.3 is 4.74 Å². The number of methoxy groups -OCH3 is 1. The molecule has 0 aliphatic heterocycles. The van der Waals surface area contributed by atoms with Crippen LogP contribution in [0.5, 0.6) is 5.75 Å². The molecule has 0 radical (unpaired) electrons. The van der Waals surface area contributed by atoms with E-state index in [1.807, 2.05) is 47.4 Å². The maximum atomic E-state index is 5.71. The van der Waals surface area contributed by atoms with E-state index in [2.05, 4.69) is 31.1 Å². The Morgan fingerprint density at radius 2 is 1.93 bits per heavy atom. The Bertz CT molecular complexity index is 1110. The predicted molar refractivity (Wildman–Crippen MR) is 106 cm³/mol. The molecule has 0 spiro atoms. The van der Waals surface area contributed by atoms with Crippen molar-refractivity contribution in [1.29, 1.82) is 0 Å². The summed E-state index contributed by atoms with van der Waals surface area (Å²) in [6, 6.07) is 10.1. The monoisotopic (exact) mass is 361 g/mol. The maximum absolute atomic E-state index is 5.71. The molecule has 0 amide bonds. The van der Waals surface area contributed by atoms with Crippen LogP contribution in [0.1, 0.15) is 36.8 Å². The molecule has 6 heteroatoms. The van der Waals surface area contributed by atoms with Crippen LogP contribution in [-0.2, 0) is 0 Å². The molecule has 3 aromatic heterocycles. The summed E-state index contributed by atoms with van der Waals surface area (Å²) in [5, 5.41) is 9.08. The van der Waals surface area contributed by atoms with Crippen LogP contribution in [0.2, 0.25) is 0 Å². The summed E-state index contributed by atoms with van der Waals surface area (Å²) in [4.78, 5) is 4.79. The first kappa shape index (κ1) is 17.3. The highest BCUT2D eigenvalue weighted by Crippen LogP contribution is 2.36. The van der Waals surface area contributed by atoms with E-state index in [-0.39, 0.29) is 0 Å². The number of nitrogens with zero attached hydrogens (tertiary/aromatic N) is 5. The molecule has 0 unspecified atom stereocenters. The third kappa shape index (κ3) is 2.87. The van der Waals surface area contributed by atoms with Crippen LogP contribution >= 0.6 is 0 Å². The zero-order valence-corrected chi connectivity index (χ0v) is 16.3. The highest BCUT2D eigenvalue weighted by Gasteiger charge is 2.20. The van der Waals surface area contributed by atoms with E-state index in [0.717, 1.165) is 45.3 Å². The van der Waals surface area contributed by atoms with Crippen molar-refractivity contribution in [2.75, 3.05) is 7.11 Å². The Kier molecular flexibility index (Phi) is 4.18. The van der Waals surface area contributed by atoms with Crippen LogP contribution in [-0.4, -0.2) is 31.5 Å². The fourth-order valence-corrected chi connectivity index (χ4v) is 3.45. The molecule has 0 atom stereocenters. The molecule has 138 valence electrons. The molecule has 4 rings (SSSR count). The first-order valence-electron chi connectivity index (χ1n) is 9.05. The van der Waals surface area contributed by atoms with Gasteiger partial charge in [0, 0.05) is 35.4 Å². The Morgan fingerprint density at radius 3 is 2.59 bits per heavy atom. The fraction of sp³-hybridized carbons (Fsp3) is 0.286. The molecule has 0 saturated carbocycles. The molecular weight excluding hydrogens is 338 g/mol. The van der Waals surface area contributed by atoms with E-state index in [1.54, 1.807) is 13.3 Å². The first-order valence-corrected chi connectivity index (χ1v) is 9.05. The molecule has 1 aromatic carbocycles. The van der Waals surface area contributed by atoms with Gasteiger partial charge in [-0.15, -0.1) is 0 Å². The Labute approximate surface area is 158 Å². The Balaban J connectivity index is 1.96. The highest BCUT2D eigenvalue weighted by molar-refractivity contribution is 5.84. The lowest BCUT2D eigenvalue weighted by Crippen LogP contribution is -2.04. The standard InChI is InChI=1S/C21H23N5O/c1-13(2)18-11-14(3)23-21-20(15(4)24-26(18)21)17-8-7-16(12-19(17)27-5)25-10-6-9-22-25/h6-13H,1-5H3. The van der Waals surface area contributed by atoms with Gasteiger partial charge in [-0.1, -0.05) is 13.8 Å². The van der Waals surface area contributed by atoms with Crippen LogP contribution in [0.3, 0.4) is 0 Å². The van der Waals surface area contributed by atoms with Crippen LogP contribution in [0.15, 0.2) is 42.7 Å². The van der Waals surface area contributed by atoms with E-state index in [4.69, 9.17) is 14.8 Å². The Hall–Kier alpha value is -3.15. The Morgan fingerprint density at radius 1 is 1.11 bits per heavy atom. The molecule has 0 fully saturated rings. The summed E-state index contributed by atoms with van der Waals surface area (Å²) in [5.41, 5.74) is 6.86. The summed E-state index contributed by atoms with van der Waals surface area (Å²) in [6.45, 7) is 8.38. The third-order valence-corrected chi connectivity index (χ3v) is 4.73. The average Bonchev–Trinajstić information content (AvgIpc) is 3.28. The van der Waals surface area contributed by atoms with E-state index >= 15 is 0 Å². The van der Waals surface area contributed by atoms with Crippen LogP contribution < -0.4 is 4.74 Å². The smallest absolute Gasteiger partial charge is 0.163 e. The van der Waals surface area contributed by atoms with Crippen molar-refractivity contribution in [1.82, 2.24) is 24.4 Å². The summed E-state index contributed by atoms with van der Waals surface area (Å²) in [6.07, 6.45) is 3.67. The van der Waals surface area contributed by atoms with Crippen LogP contribution in [0.4, 0.5) is 0 Å². The largest absolute Gasteiger partial charge is 0.496 e. The highest BCUT2D eigenvalue weighted by atomic mass is 16.5. The summed E-state index contributed by atoms with van der Waals surface area (Å²) < 4.78 is 9.49. The van der Waals surface area contributed by atoms with Gasteiger partial charge in [0.1, 0.15) is 5.75 Å². The van der Waals surface area contributed by atoms with E-state index in [0.29, 0.717) is 5.92 Å². The van der Waals surface area contributed by atoms with Gasteiger partial charge in [-0.2, -0.15) is 10.2 Å².